The van der Waals surface area contributed by atoms with Gasteiger partial charge < -0.3 is 5.32 Å². The van der Waals surface area contributed by atoms with Crippen molar-refractivity contribution in [2.45, 2.75) is 40.5 Å². The van der Waals surface area contributed by atoms with Gasteiger partial charge in [-0.05, 0) is 77.9 Å². The number of rotatable bonds is 5. The first-order chi connectivity index (χ1) is 11.3. The summed E-state index contributed by atoms with van der Waals surface area (Å²) in [6.07, 6.45) is 4.08. The molecule has 0 aromatic heterocycles. The van der Waals surface area contributed by atoms with Crippen molar-refractivity contribution in [3.63, 3.8) is 0 Å². The first-order valence-corrected chi connectivity index (χ1v) is 8.60. The van der Waals surface area contributed by atoms with Gasteiger partial charge in [0.1, 0.15) is 0 Å². The predicted octanol–water partition coefficient (Wildman–Crippen LogP) is 5.99. The van der Waals surface area contributed by atoms with Crippen LogP contribution in [0.1, 0.15) is 58.7 Å². The Balaban J connectivity index is 2.62. The van der Waals surface area contributed by atoms with E-state index in [1.54, 1.807) is 0 Å². The number of nitrogens with one attached hydrogen (secondary N) is 1. The maximum atomic E-state index is 4.45. The summed E-state index contributed by atoms with van der Waals surface area (Å²) in [5.74, 6) is 0.499. The minimum atomic E-state index is 0.499. The van der Waals surface area contributed by atoms with Crippen molar-refractivity contribution in [3.8, 4) is 0 Å². The zero-order valence-corrected chi connectivity index (χ0v) is 15.8. The Kier molecular flexibility index (Phi) is 5.66. The van der Waals surface area contributed by atoms with E-state index >= 15 is 0 Å². The molecule has 1 heteroatoms. The summed E-state index contributed by atoms with van der Waals surface area (Å²) in [7, 11) is 1.92. The lowest BCUT2D eigenvalue weighted by atomic mass is 9.87. The topological polar surface area (TPSA) is 12.0 Å². The Labute approximate surface area is 147 Å². The molecule has 0 atom stereocenters. The second kappa shape index (κ2) is 7.53. The van der Waals surface area contributed by atoms with Crippen LogP contribution in [0.15, 0.2) is 43.1 Å². The molecule has 0 aliphatic rings. The van der Waals surface area contributed by atoms with Gasteiger partial charge in [-0.2, -0.15) is 0 Å². The van der Waals surface area contributed by atoms with Crippen LogP contribution in [-0.4, -0.2) is 7.05 Å². The zero-order valence-electron chi connectivity index (χ0n) is 15.8. The highest BCUT2D eigenvalue weighted by Gasteiger charge is 2.13. The smallest absolute Gasteiger partial charge is 0.00277 e. The Morgan fingerprint density at radius 3 is 2.38 bits per heavy atom. The summed E-state index contributed by atoms with van der Waals surface area (Å²) in [4.78, 5) is 0. The molecule has 1 N–H and O–H groups in total. The molecule has 0 unspecified atom stereocenters. The van der Waals surface area contributed by atoms with Gasteiger partial charge in [-0.1, -0.05) is 56.3 Å². The van der Waals surface area contributed by atoms with Crippen LogP contribution in [0.3, 0.4) is 0 Å². The summed E-state index contributed by atoms with van der Waals surface area (Å²) in [6.45, 7) is 15.4. The van der Waals surface area contributed by atoms with Crippen molar-refractivity contribution in [3.05, 3.63) is 82.1 Å². The fraction of sp³-hybridized carbons (Fsp3) is 0.304. The van der Waals surface area contributed by atoms with Crippen molar-refractivity contribution >= 4 is 11.6 Å². The van der Waals surface area contributed by atoms with Crippen LogP contribution in [0.25, 0.3) is 11.6 Å². The summed E-state index contributed by atoms with van der Waals surface area (Å²) in [5.41, 5.74) is 9.99. The van der Waals surface area contributed by atoms with Gasteiger partial charge in [-0.25, -0.2) is 0 Å². The molecule has 0 saturated carbocycles. The van der Waals surface area contributed by atoms with E-state index in [9.17, 15) is 0 Å². The van der Waals surface area contributed by atoms with Crippen LogP contribution in [-0.2, 0) is 0 Å². The summed E-state index contributed by atoms with van der Waals surface area (Å²) in [6, 6.07) is 11.2. The molecule has 0 saturated heterocycles. The Bertz CT molecular complexity index is 779. The van der Waals surface area contributed by atoms with E-state index in [0.717, 1.165) is 5.57 Å². The van der Waals surface area contributed by atoms with Gasteiger partial charge in [0.25, 0.3) is 0 Å². The highest BCUT2D eigenvalue weighted by Crippen LogP contribution is 2.32. The molecule has 2 rings (SSSR count). The molecule has 126 valence electrons. The first-order valence-electron chi connectivity index (χ1n) is 8.60. The van der Waals surface area contributed by atoms with E-state index in [2.05, 4.69) is 82.9 Å². The van der Waals surface area contributed by atoms with Crippen LogP contribution >= 0.6 is 0 Å². The highest BCUT2D eigenvalue weighted by atomic mass is 14.8. The number of hydrogen-bond acceptors (Lipinski definition) is 1. The summed E-state index contributed by atoms with van der Waals surface area (Å²) >= 11 is 0. The van der Waals surface area contributed by atoms with E-state index in [0.29, 0.717) is 5.92 Å². The lowest BCUT2D eigenvalue weighted by molar-refractivity contribution is 0.866. The molecule has 0 bridgehead atoms. The molecule has 0 amide bonds. The molecule has 0 aliphatic carbocycles. The van der Waals surface area contributed by atoms with E-state index < -0.39 is 0 Å². The maximum absolute atomic E-state index is 4.45. The Morgan fingerprint density at radius 1 is 1.04 bits per heavy atom. The van der Waals surface area contributed by atoms with Crippen LogP contribution in [0.5, 0.6) is 0 Å². The van der Waals surface area contributed by atoms with Gasteiger partial charge in [0.15, 0.2) is 0 Å². The second-order valence-electron chi connectivity index (χ2n) is 6.86. The van der Waals surface area contributed by atoms with Gasteiger partial charge in [0.2, 0.25) is 0 Å². The summed E-state index contributed by atoms with van der Waals surface area (Å²) < 4.78 is 0. The monoisotopic (exact) mass is 319 g/mol. The molecular weight excluding hydrogens is 290 g/mol. The molecule has 0 heterocycles. The Hall–Kier alpha value is -2.28. The quantitative estimate of drug-likeness (QED) is 0.714. The minimum Gasteiger partial charge on any atom is -0.394 e. The molecule has 1 nitrogen and oxygen atoms in total. The van der Waals surface area contributed by atoms with Crippen molar-refractivity contribution in [2.75, 3.05) is 7.05 Å². The number of aryl methyl sites for hydroxylation is 2. The lowest BCUT2D eigenvalue weighted by Crippen LogP contribution is -1.99. The number of hydrogen-bond donors (Lipinski definition) is 1. The third-order valence-corrected chi connectivity index (χ3v) is 4.64. The van der Waals surface area contributed by atoms with Crippen molar-refractivity contribution in [2.24, 2.45) is 0 Å². The Morgan fingerprint density at radius 2 is 1.75 bits per heavy atom. The third-order valence-electron chi connectivity index (χ3n) is 4.64. The van der Waals surface area contributed by atoms with Gasteiger partial charge in [-0.15, -0.1) is 0 Å². The van der Waals surface area contributed by atoms with Crippen LogP contribution in [0.2, 0.25) is 0 Å². The van der Waals surface area contributed by atoms with Gasteiger partial charge in [0, 0.05) is 7.05 Å². The lowest BCUT2D eigenvalue weighted by Gasteiger charge is -2.17. The fourth-order valence-electron chi connectivity index (χ4n) is 3.01. The van der Waals surface area contributed by atoms with E-state index in [1.807, 2.05) is 13.2 Å². The fourth-order valence-corrected chi connectivity index (χ4v) is 3.01. The molecular formula is C23H29N. The normalized spacial score (nSPS) is 11.3. The van der Waals surface area contributed by atoms with Crippen molar-refractivity contribution in [1.29, 1.82) is 0 Å². The predicted molar refractivity (Wildman–Crippen MR) is 107 cm³/mol. The van der Waals surface area contributed by atoms with Gasteiger partial charge in [0.05, 0.1) is 0 Å². The third kappa shape index (κ3) is 3.79. The SMILES string of the molecule is C=C(c1cc(C(C)C)ccc1/C=C\NC)c1cc(C)cc(C)c1C. The second-order valence-corrected chi connectivity index (χ2v) is 6.86. The average Bonchev–Trinajstić information content (AvgIpc) is 2.55. The molecule has 0 radical (unpaired) electrons. The van der Waals surface area contributed by atoms with Crippen LogP contribution in [0.4, 0.5) is 0 Å². The summed E-state index contributed by atoms with van der Waals surface area (Å²) in [5, 5.41) is 3.08. The molecule has 0 fully saturated rings. The largest absolute Gasteiger partial charge is 0.394 e. The van der Waals surface area contributed by atoms with E-state index in [1.165, 1.54) is 38.9 Å². The molecule has 2 aromatic carbocycles. The van der Waals surface area contributed by atoms with Crippen LogP contribution < -0.4 is 5.32 Å². The average molecular weight is 319 g/mol. The van der Waals surface area contributed by atoms with Crippen molar-refractivity contribution < 1.29 is 0 Å². The standard InChI is InChI=1S/C23H29N/c1-15(2)21-9-8-20(10-11-24-7)23(14-21)19(6)22-13-16(3)12-17(4)18(22)5/h8-15,24H,6H2,1-5,7H3/b11-10-. The molecule has 24 heavy (non-hydrogen) atoms. The number of benzene rings is 2. The molecule has 2 aromatic rings. The van der Waals surface area contributed by atoms with Crippen LogP contribution in [0, 0.1) is 20.8 Å². The van der Waals surface area contributed by atoms with E-state index in [-0.39, 0.29) is 0 Å². The zero-order chi connectivity index (χ0) is 17.9. The molecule has 0 aliphatic heterocycles. The minimum absolute atomic E-state index is 0.499. The highest BCUT2D eigenvalue weighted by molar-refractivity contribution is 5.85. The molecule has 0 spiro atoms. The van der Waals surface area contributed by atoms with Gasteiger partial charge >= 0.3 is 0 Å². The van der Waals surface area contributed by atoms with Crippen molar-refractivity contribution in [1.82, 2.24) is 5.32 Å². The van der Waals surface area contributed by atoms with E-state index in [4.69, 9.17) is 0 Å². The first kappa shape index (κ1) is 18.1. The maximum Gasteiger partial charge on any atom is 0.00277 e. The van der Waals surface area contributed by atoms with Gasteiger partial charge in [-0.3, -0.25) is 0 Å².